The fourth-order valence-electron chi connectivity index (χ4n) is 3.97. The lowest BCUT2D eigenvalue weighted by molar-refractivity contribution is -0.139. The van der Waals surface area contributed by atoms with Crippen molar-refractivity contribution in [1.29, 1.82) is 0 Å². The Balaban J connectivity index is 2.06. The summed E-state index contributed by atoms with van der Waals surface area (Å²) in [6.07, 6.45) is 0. The van der Waals surface area contributed by atoms with E-state index in [-0.39, 0.29) is 17.3 Å². The average Bonchev–Trinajstić information content (AvgIpc) is 2.84. The number of rotatable bonds is 9. The lowest BCUT2D eigenvalue weighted by Crippen LogP contribution is -2.50. The minimum Gasteiger partial charge on any atom is -0.357 e. The summed E-state index contributed by atoms with van der Waals surface area (Å²) in [4.78, 5) is 27.7. The molecule has 0 saturated heterocycles. The van der Waals surface area contributed by atoms with Crippen LogP contribution in [0.1, 0.15) is 23.6 Å². The van der Waals surface area contributed by atoms with Gasteiger partial charge in [-0.1, -0.05) is 48.0 Å². The molecule has 0 aliphatic rings. The highest BCUT2D eigenvalue weighted by Crippen LogP contribution is 2.26. The van der Waals surface area contributed by atoms with Gasteiger partial charge in [0.15, 0.2) is 0 Å². The van der Waals surface area contributed by atoms with Gasteiger partial charge in [-0.05, 0) is 73.9 Å². The van der Waals surface area contributed by atoms with Gasteiger partial charge in [0.1, 0.15) is 12.6 Å². The number of sulfonamides is 1. The number of amides is 2. The molecule has 2 amide bonds. The first-order valence-corrected chi connectivity index (χ1v) is 13.3. The molecule has 0 saturated carbocycles. The van der Waals surface area contributed by atoms with E-state index in [9.17, 15) is 18.0 Å². The third-order valence-electron chi connectivity index (χ3n) is 5.76. The molecule has 9 heteroatoms. The molecule has 0 unspecified atom stereocenters. The number of benzene rings is 3. The van der Waals surface area contributed by atoms with Crippen LogP contribution in [0.25, 0.3) is 0 Å². The van der Waals surface area contributed by atoms with Crippen molar-refractivity contribution < 1.29 is 18.0 Å². The molecule has 1 N–H and O–H groups in total. The van der Waals surface area contributed by atoms with Gasteiger partial charge in [-0.25, -0.2) is 8.42 Å². The van der Waals surface area contributed by atoms with Gasteiger partial charge in [-0.15, -0.1) is 0 Å². The van der Waals surface area contributed by atoms with Crippen molar-refractivity contribution in [2.24, 2.45) is 0 Å². The van der Waals surface area contributed by atoms with Gasteiger partial charge >= 0.3 is 0 Å². The molecular weight excluding hydrogens is 498 g/mol. The molecule has 0 aromatic heterocycles. The van der Waals surface area contributed by atoms with E-state index in [1.165, 1.54) is 24.1 Å². The number of hydrogen-bond acceptors (Lipinski definition) is 4. The van der Waals surface area contributed by atoms with Crippen molar-refractivity contribution in [2.75, 3.05) is 17.9 Å². The molecule has 0 heterocycles. The molecule has 1 atom stereocenters. The highest BCUT2D eigenvalue weighted by atomic mass is 35.5. The summed E-state index contributed by atoms with van der Waals surface area (Å²) in [5.41, 5.74) is 2.82. The van der Waals surface area contributed by atoms with Crippen LogP contribution in [0.5, 0.6) is 0 Å². The summed E-state index contributed by atoms with van der Waals surface area (Å²) in [6.45, 7) is 4.94. The Morgan fingerprint density at radius 2 is 1.58 bits per heavy atom. The Hall–Kier alpha value is -3.36. The molecule has 36 heavy (non-hydrogen) atoms. The largest absolute Gasteiger partial charge is 0.357 e. The molecular formula is C27H30ClN3O4S. The molecule has 0 spiro atoms. The monoisotopic (exact) mass is 527 g/mol. The van der Waals surface area contributed by atoms with E-state index in [0.29, 0.717) is 10.7 Å². The maximum absolute atomic E-state index is 13.7. The summed E-state index contributed by atoms with van der Waals surface area (Å²) >= 11 is 6.13. The predicted octanol–water partition coefficient (Wildman–Crippen LogP) is 4.32. The first-order valence-electron chi connectivity index (χ1n) is 11.4. The van der Waals surface area contributed by atoms with Crippen LogP contribution >= 0.6 is 11.6 Å². The molecule has 7 nitrogen and oxygen atoms in total. The number of nitrogens with zero attached hydrogens (tertiary/aromatic N) is 2. The normalized spacial score (nSPS) is 12.0. The van der Waals surface area contributed by atoms with Crippen LogP contribution in [0.4, 0.5) is 5.69 Å². The number of carbonyl (C=O) groups is 2. The van der Waals surface area contributed by atoms with Gasteiger partial charge < -0.3 is 10.2 Å². The summed E-state index contributed by atoms with van der Waals surface area (Å²) in [6, 6.07) is 19.5. The summed E-state index contributed by atoms with van der Waals surface area (Å²) in [7, 11) is -2.59. The van der Waals surface area contributed by atoms with Gasteiger partial charge in [0.05, 0.1) is 10.6 Å². The standard InChI is InChI=1S/C27H30ClN3O4S/c1-19-13-20(2)15-24(14-19)31(36(34,35)25-11-6-5-7-12-25)18-26(32)30(21(3)27(33)29-4)17-22-9-8-10-23(28)16-22/h5-16,21H,17-18H2,1-4H3,(H,29,33)/t21-/m0/s1. The maximum atomic E-state index is 13.7. The Bertz CT molecular complexity index is 1330. The van der Waals surface area contributed by atoms with Crippen LogP contribution in [-0.4, -0.2) is 44.8 Å². The third kappa shape index (κ3) is 6.44. The topological polar surface area (TPSA) is 86.8 Å². The van der Waals surface area contributed by atoms with Crippen LogP contribution in [0.15, 0.2) is 77.7 Å². The Labute approximate surface area is 217 Å². The van der Waals surface area contributed by atoms with Crippen LogP contribution in [0.2, 0.25) is 5.02 Å². The molecule has 0 fully saturated rings. The number of aryl methyl sites for hydroxylation is 2. The van der Waals surface area contributed by atoms with Crippen molar-refractivity contribution >= 4 is 39.1 Å². The van der Waals surface area contributed by atoms with E-state index in [1.807, 2.05) is 19.9 Å². The summed E-state index contributed by atoms with van der Waals surface area (Å²) in [5, 5.41) is 3.06. The van der Waals surface area contributed by atoms with Gasteiger partial charge in [0.2, 0.25) is 11.8 Å². The van der Waals surface area contributed by atoms with E-state index >= 15 is 0 Å². The first kappa shape index (κ1) is 27.2. The van der Waals surface area contributed by atoms with Gasteiger partial charge in [-0.2, -0.15) is 0 Å². The fourth-order valence-corrected chi connectivity index (χ4v) is 5.60. The van der Waals surface area contributed by atoms with Crippen LogP contribution in [0, 0.1) is 13.8 Å². The number of nitrogens with one attached hydrogen (secondary N) is 1. The van der Waals surface area contributed by atoms with Crippen LogP contribution in [-0.2, 0) is 26.2 Å². The lowest BCUT2D eigenvalue weighted by atomic mass is 10.1. The molecule has 0 bridgehead atoms. The quantitative estimate of drug-likeness (QED) is 0.449. The van der Waals surface area contributed by atoms with Crippen molar-refractivity contribution in [2.45, 2.75) is 38.3 Å². The van der Waals surface area contributed by atoms with E-state index in [4.69, 9.17) is 11.6 Å². The highest BCUT2D eigenvalue weighted by molar-refractivity contribution is 7.92. The van der Waals surface area contributed by atoms with E-state index < -0.39 is 28.5 Å². The number of anilines is 1. The molecule has 3 rings (SSSR count). The maximum Gasteiger partial charge on any atom is 0.264 e. The van der Waals surface area contributed by atoms with Gasteiger partial charge in [-0.3, -0.25) is 13.9 Å². The van der Waals surface area contributed by atoms with E-state index in [2.05, 4.69) is 5.32 Å². The number of halogens is 1. The summed E-state index contributed by atoms with van der Waals surface area (Å²) in [5.74, 6) is -0.890. The lowest BCUT2D eigenvalue weighted by Gasteiger charge is -2.32. The van der Waals surface area contributed by atoms with Gasteiger partial charge in [0, 0.05) is 18.6 Å². The molecule has 0 aliphatic carbocycles. The molecule has 3 aromatic rings. The zero-order valence-electron chi connectivity index (χ0n) is 20.7. The van der Waals surface area contributed by atoms with E-state index in [0.717, 1.165) is 21.0 Å². The summed E-state index contributed by atoms with van der Waals surface area (Å²) < 4.78 is 28.6. The molecule has 3 aromatic carbocycles. The van der Waals surface area contributed by atoms with Crippen molar-refractivity contribution in [3.63, 3.8) is 0 Å². The van der Waals surface area contributed by atoms with Crippen molar-refractivity contribution in [3.05, 3.63) is 94.5 Å². The molecule has 0 radical (unpaired) electrons. The van der Waals surface area contributed by atoms with Crippen molar-refractivity contribution in [3.8, 4) is 0 Å². The second-order valence-corrected chi connectivity index (χ2v) is 10.9. The highest BCUT2D eigenvalue weighted by Gasteiger charge is 2.32. The molecule has 0 aliphatic heterocycles. The predicted molar refractivity (Wildman–Crippen MR) is 142 cm³/mol. The minimum absolute atomic E-state index is 0.0673. The van der Waals surface area contributed by atoms with E-state index in [1.54, 1.807) is 61.5 Å². The zero-order valence-corrected chi connectivity index (χ0v) is 22.3. The third-order valence-corrected chi connectivity index (χ3v) is 7.78. The Kier molecular flexibility index (Phi) is 8.76. The Morgan fingerprint density at radius 3 is 2.17 bits per heavy atom. The van der Waals surface area contributed by atoms with Crippen molar-refractivity contribution in [1.82, 2.24) is 10.2 Å². The van der Waals surface area contributed by atoms with Crippen LogP contribution in [0.3, 0.4) is 0 Å². The number of likely N-dealkylation sites (N-methyl/N-ethyl adjacent to an activating group) is 1. The second kappa shape index (κ2) is 11.6. The Morgan fingerprint density at radius 1 is 0.944 bits per heavy atom. The molecule has 190 valence electrons. The average molecular weight is 528 g/mol. The van der Waals surface area contributed by atoms with Crippen LogP contribution < -0.4 is 9.62 Å². The number of carbonyl (C=O) groups excluding carboxylic acids is 2. The number of hydrogen-bond donors (Lipinski definition) is 1. The zero-order chi connectivity index (χ0) is 26.5. The first-order chi connectivity index (χ1) is 17.0. The minimum atomic E-state index is -4.08. The fraction of sp³-hybridized carbons (Fsp3) is 0.259. The van der Waals surface area contributed by atoms with Gasteiger partial charge in [0.25, 0.3) is 10.0 Å². The smallest absolute Gasteiger partial charge is 0.264 e. The SMILES string of the molecule is CNC(=O)[C@H](C)N(Cc1cccc(Cl)c1)C(=O)CN(c1cc(C)cc(C)c1)S(=O)(=O)c1ccccc1. The second-order valence-electron chi connectivity index (χ2n) is 8.61.